The fourth-order valence-corrected chi connectivity index (χ4v) is 2.02. The molecule has 0 bridgehead atoms. The molecule has 24 heavy (non-hydrogen) atoms. The average molecular weight is 340 g/mol. The second-order valence-electron chi connectivity index (χ2n) is 6.41. The van der Waals surface area contributed by atoms with Gasteiger partial charge in [-0.05, 0) is 32.9 Å². The third-order valence-corrected chi connectivity index (χ3v) is 3.29. The number of amides is 1. The van der Waals surface area contributed by atoms with Gasteiger partial charge in [0.15, 0.2) is 11.5 Å². The maximum atomic E-state index is 12.3. The van der Waals surface area contributed by atoms with Crippen molar-refractivity contribution in [2.45, 2.75) is 32.4 Å². The molecule has 136 valence electrons. The van der Waals surface area contributed by atoms with E-state index in [0.717, 1.165) is 0 Å². The SMILES string of the molecule is COc1cc(C(=O)NCC(O)CNC(C)(C)C)cc(OC)c1OC. The molecule has 1 rings (SSSR count). The summed E-state index contributed by atoms with van der Waals surface area (Å²) < 4.78 is 15.7. The molecule has 0 spiro atoms. The van der Waals surface area contributed by atoms with Gasteiger partial charge < -0.3 is 30.0 Å². The van der Waals surface area contributed by atoms with Crippen molar-refractivity contribution in [2.24, 2.45) is 0 Å². The molecule has 0 aromatic heterocycles. The number of hydrogen-bond donors (Lipinski definition) is 3. The van der Waals surface area contributed by atoms with Crippen LogP contribution in [-0.4, -0.2) is 57.1 Å². The average Bonchev–Trinajstić information content (AvgIpc) is 2.55. The lowest BCUT2D eigenvalue weighted by Crippen LogP contribution is -2.44. The van der Waals surface area contributed by atoms with Crippen LogP contribution in [0.3, 0.4) is 0 Å². The van der Waals surface area contributed by atoms with Gasteiger partial charge in [-0.2, -0.15) is 0 Å². The van der Waals surface area contributed by atoms with Gasteiger partial charge in [-0.15, -0.1) is 0 Å². The van der Waals surface area contributed by atoms with Crippen LogP contribution in [-0.2, 0) is 0 Å². The number of carbonyl (C=O) groups is 1. The molecule has 1 atom stereocenters. The van der Waals surface area contributed by atoms with Crippen LogP contribution in [0.1, 0.15) is 31.1 Å². The molecule has 0 saturated heterocycles. The van der Waals surface area contributed by atoms with Gasteiger partial charge in [0.25, 0.3) is 5.91 Å². The monoisotopic (exact) mass is 340 g/mol. The standard InChI is InChI=1S/C17H28N2O5/c1-17(2,3)19-10-12(20)9-18-16(21)11-7-13(22-4)15(24-6)14(8-11)23-5/h7-8,12,19-20H,9-10H2,1-6H3,(H,18,21). The third kappa shape index (κ3) is 5.90. The number of methoxy groups -OCH3 is 3. The molecule has 0 heterocycles. The van der Waals surface area contributed by atoms with Crippen molar-refractivity contribution < 1.29 is 24.1 Å². The number of aliphatic hydroxyl groups excluding tert-OH is 1. The number of nitrogens with one attached hydrogen (secondary N) is 2. The predicted octanol–water partition coefficient (Wildman–Crippen LogP) is 1.19. The summed E-state index contributed by atoms with van der Waals surface area (Å²) in [4.78, 5) is 12.3. The van der Waals surface area contributed by atoms with Crippen molar-refractivity contribution >= 4 is 5.91 Å². The molecule has 0 radical (unpaired) electrons. The first kappa shape index (κ1) is 20.1. The lowest BCUT2D eigenvalue weighted by Gasteiger charge is -2.23. The Labute approximate surface area is 143 Å². The molecule has 0 saturated carbocycles. The zero-order valence-electron chi connectivity index (χ0n) is 15.2. The van der Waals surface area contributed by atoms with Crippen molar-refractivity contribution in [3.8, 4) is 17.2 Å². The van der Waals surface area contributed by atoms with E-state index >= 15 is 0 Å². The maximum absolute atomic E-state index is 12.3. The first-order valence-electron chi connectivity index (χ1n) is 7.73. The van der Waals surface area contributed by atoms with Crippen molar-refractivity contribution in [3.05, 3.63) is 17.7 Å². The molecule has 0 aliphatic heterocycles. The molecular weight excluding hydrogens is 312 g/mol. The van der Waals surface area contributed by atoms with Crippen molar-refractivity contribution in [3.63, 3.8) is 0 Å². The van der Waals surface area contributed by atoms with Crippen LogP contribution < -0.4 is 24.8 Å². The number of ether oxygens (including phenoxy) is 3. The van der Waals surface area contributed by atoms with Crippen molar-refractivity contribution in [2.75, 3.05) is 34.4 Å². The van der Waals surface area contributed by atoms with Gasteiger partial charge in [0, 0.05) is 24.2 Å². The van der Waals surface area contributed by atoms with Crippen LogP contribution in [0.2, 0.25) is 0 Å². The Hall–Kier alpha value is -1.99. The van der Waals surface area contributed by atoms with Crippen LogP contribution in [0.5, 0.6) is 17.2 Å². The van der Waals surface area contributed by atoms with E-state index in [4.69, 9.17) is 14.2 Å². The quantitative estimate of drug-likeness (QED) is 0.659. The second kappa shape index (κ2) is 8.75. The lowest BCUT2D eigenvalue weighted by atomic mass is 10.1. The van der Waals surface area contributed by atoms with Crippen LogP contribution in [0.4, 0.5) is 0 Å². The highest BCUT2D eigenvalue weighted by Gasteiger charge is 2.18. The Balaban J connectivity index is 2.74. The highest BCUT2D eigenvalue weighted by molar-refractivity contribution is 5.95. The molecule has 1 amide bonds. The van der Waals surface area contributed by atoms with E-state index < -0.39 is 6.10 Å². The van der Waals surface area contributed by atoms with Gasteiger partial charge >= 0.3 is 0 Å². The van der Waals surface area contributed by atoms with E-state index in [1.807, 2.05) is 20.8 Å². The van der Waals surface area contributed by atoms with Gasteiger partial charge in [0.1, 0.15) is 0 Å². The molecular formula is C17H28N2O5. The number of β-amino-alcohol motifs (C(OH)–C–C–N with tert-alkyl or cyclic N) is 1. The fourth-order valence-electron chi connectivity index (χ4n) is 2.02. The first-order valence-corrected chi connectivity index (χ1v) is 7.73. The topological polar surface area (TPSA) is 89.1 Å². The summed E-state index contributed by atoms with van der Waals surface area (Å²) >= 11 is 0. The largest absolute Gasteiger partial charge is 0.493 e. The smallest absolute Gasteiger partial charge is 0.251 e. The third-order valence-electron chi connectivity index (χ3n) is 3.29. The molecule has 7 heteroatoms. The van der Waals surface area contributed by atoms with E-state index in [-0.39, 0.29) is 18.0 Å². The summed E-state index contributed by atoms with van der Waals surface area (Å²) in [6.45, 7) is 6.55. The fraction of sp³-hybridized carbons (Fsp3) is 0.588. The van der Waals surface area contributed by atoms with E-state index in [2.05, 4.69) is 10.6 Å². The minimum Gasteiger partial charge on any atom is -0.493 e. The Bertz CT molecular complexity index is 529. The van der Waals surface area contributed by atoms with Crippen LogP contribution in [0.25, 0.3) is 0 Å². The van der Waals surface area contributed by atoms with Crippen LogP contribution >= 0.6 is 0 Å². The highest BCUT2D eigenvalue weighted by Crippen LogP contribution is 2.38. The minimum absolute atomic E-state index is 0.0955. The zero-order valence-corrected chi connectivity index (χ0v) is 15.2. The van der Waals surface area contributed by atoms with Crippen LogP contribution in [0, 0.1) is 0 Å². The van der Waals surface area contributed by atoms with Gasteiger partial charge in [0.2, 0.25) is 5.75 Å². The zero-order chi connectivity index (χ0) is 18.3. The number of rotatable bonds is 8. The molecule has 0 aliphatic rings. The minimum atomic E-state index is -0.685. The van der Waals surface area contributed by atoms with Crippen molar-refractivity contribution in [1.82, 2.24) is 10.6 Å². The molecule has 1 aromatic rings. The summed E-state index contributed by atoms with van der Waals surface area (Å²) in [7, 11) is 4.47. The highest BCUT2D eigenvalue weighted by atomic mass is 16.5. The van der Waals surface area contributed by atoms with E-state index in [0.29, 0.717) is 29.4 Å². The molecule has 1 unspecified atom stereocenters. The van der Waals surface area contributed by atoms with Gasteiger partial charge in [-0.25, -0.2) is 0 Å². The lowest BCUT2D eigenvalue weighted by molar-refractivity contribution is 0.0911. The summed E-state index contributed by atoms with van der Waals surface area (Å²) in [5.74, 6) is 0.893. The van der Waals surface area contributed by atoms with Crippen molar-refractivity contribution in [1.29, 1.82) is 0 Å². The summed E-state index contributed by atoms with van der Waals surface area (Å²) in [6, 6.07) is 3.13. The molecule has 7 nitrogen and oxygen atoms in total. The van der Waals surface area contributed by atoms with Gasteiger partial charge in [-0.3, -0.25) is 4.79 Å². The Morgan fingerprint density at radius 2 is 1.62 bits per heavy atom. The Kier molecular flexibility index (Phi) is 7.31. The van der Waals surface area contributed by atoms with E-state index in [1.165, 1.54) is 21.3 Å². The number of aliphatic hydroxyl groups is 1. The Morgan fingerprint density at radius 3 is 2.04 bits per heavy atom. The summed E-state index contributed by atoms with van der Waals surface area (Å²) in [5, 5.41) is 15.8. The Morgan fingerprint density at radius 1 is 1.08 bits per heavy atom. The molecule has 0 fully saturated rings. The molecule has 0 aliphatic carbocycles. The van der Waals surface area contributed by atoms with Gasteiger partial charge in [0.05, 0.1) is 27.4 Å². The van der Waals surface area contributed by atoms with E-state index in [9.17, 15) is 9.90 Å². The normalized spacial score (nSPS) is 12.5. The summed E-state index contributed by atoms with van der Waals surface area (Å²) in [6.07, 6.45) is -0.685. The number of carbonyl (C=O) groups excluding carboxylic acids is 1. The predicted molar refractivity (Wildman–Crippen MR) is 92.2 cm³/mol. The summed E-state index contributed by atoms with van der Waals surface area (Å²) in [5.41, 5.74) is 0.266. The number of hydrogen-bond acceptors (Lipinski definition) is 6. The molecule has 1 aromatic carbocycles. The van der Waals surface area contributed by atoms with Crippen LogP contribution in [0.15, 0.2) is 12.1 Å². The van der Waals surface area contributed by atoms with E-state index in [1.54, 1.807) is 12.1 Å². The number of benzene rings is 1. The van der Waals surface area contributed by atoms with Gasteiger partial charge in [-0.1, -0.05) is 0 Å². The molecule has 3 N–H and O–H groups in total. The first-order chi connectivity index (χ1) is 11.2. The second-order valence-corrected chi connectivity index (χ2v) is 6.41. The maximum Gasteiger partial charge on any atom is 0.251 e.